The van der Waals surface area contributed by atoms with Crippen LogP contribution in [0.15, 0.2) is 12.2 Å². The molecule has 1 atom stereocenters. The summed E-state index contributed by atoms with van der Waals surface area (Å²) in [5, 5.41) is 8.64. The first kappa shape index (κ1) is 14.1. The van der Waals surface area contributed by atoms with Crippen molar-refractivity contribution in [3.05, 3.63) is 12.2 Å². The summed E-state index contributed by atoms with van der Waals surface area (Å²) in [5.74, 6) is 0. The second-order valence-electron chi connectivity index (χ2n) is 5.52. The first-order valence-electron chi connectivity index (χ1n) is 5.17. The van der Waals surface area contributed by atoms with Crippen LogP contribution < -0.4 is 0 Å². The molecule has 1 aliphatic carbocycles. The van der Waals surface area contributed by atoms with Gasteiger partial charge < -0.3 is 5.11 Å². The second-order valence-corrected chi connectivity index (χ2v) is 10.4. The number of rotatable bonds is 0. The van der Waals surface area contributed by atoms with E-state index in [9.17, 15) is 0 Å². The van der Waals surface area contributed by atoms with E-state index in [1.165, 1.54) is 0 Å². The molecule has 0 saturated carbocycles. The predicted molar refractivity (Wildman–Crippen MR) is 69.5 cm³/mol. The molecule has 0 aromatic carbocycles. The lowest BCUT2D eigenvalue weighted by Gasteiger charge is -2.40. The molecule has 0 aliphatic heterocycles. The molecule has 2 heteroatoms. The third-order valence-corrected chi connectivity index (χ3v) is 6.50. The summed E-state index contributed by atoms with van der Waals surface area (Å²) in [6.07, 6.45) is 12.8. The van der Waals surface area contributed by atoms with Crippen LogP contribution >= 0.6 is 10.0 Å². The van der Waals surface area contributed by atoms with Gasteiger partial charge in [0.1, 0.15) is 0 Å². The second kappa shape index (κ2) is 5.22. The minimum absolute atomic E-state index is 0.134. The van der Waals surface area contributed by atoms with Gasteiger partial charge in [-0.2, -0.15) is 0 Å². The lowest BCUT2D eigenvalue weighted by molar-refractivity contribution is 0.223. The molecule has 1 aliphatic rings. The molecule has 0 aromatic rings. The van der Waals surface area contributed by atoms with E-state index in [-0.39, 0.29) is 16.1 Å². The minimum Gasteiger partial charge on any atom is -0.389 e. The van der Waals surface area contributed by atoms with E-state index in [4.69, 9.17) is 5.11 Å². The standard InChI is InChI=1S/C7H18S.C5H8O/c1-7(2,3)8(4,5)6;6-5-3-1-2-4-5/h1-6H3;1,3,5-6H,2,4H2. The first-order chi connectivity index (χ1) is 6.14. The molecule has 86 valence electrons. The van der Waals surface area contributed by atoms with E-state index < -0.39 is 0 Å². The van der Waals surface area contributed by atoms with Crippen molar-refractivity contribution in [2.24, 2.45) is 0 Å². The molecule has 14 heavy (non-hydrogen) atoms. The molecule has 1 unspecified atom stereocenters. The fraction of sp³-hybridized carbons (Fsp3) is 0.833. The smallest absolute Gasteiger partial charge is 0.0723 e. The highest BCUT2D eigenvalue weighted by Crippen LogP contribution is 2.48. The average molecular weight is 218 g/mol. The Morgan fingerprint density at radius 2 is 1.64 bits per heavy atom. The summed E-state index contributed by atoms with van der Waals surface area (Å²) in [7, 11) is -0.340. The van der Waals surface area contributed by atoms with E-state index in [2.05, 4.69) is 39.5 Å². The fourth-order valence-electron chi connectivity index (χ4n) is 0.617. The lowest BCUT2D eigenvalue weighted by Crippen LogP contribution is -2.21. The van der Waals surface area contributed by atoms with Crippen LogP contribution in [0.3, 0.4) is 0 Å². The molecule has 0 heterocycles. The Kier molecular flexibility index (Phi) is 5.24. The predicted octanol–water partition coefficient (Wildman–Crippen LogP) is 3.18. The van der Waals surface area contributed by atoms with Crippen LogP contribution in [0.2, 0.25) is 0 Å². The highest BCUT2D eigenvalue weighted by Gasteiger charge is 2.21. The zero-order chi connectivity index (χ0) is 11.4. The summed E-state index contributed by atoms with van der Waals surface area (Å²) >= 11 is 0. The van der Waals surface area contributed by atoms with Gasteiger partial charge in [-0.3, -0.25) is 0 Å². The number of aliphatic hydroxyl groups excluding tert-OH is 1. The summed E-state index contributed by atoms with van der Waals surface area (Å²) in [6, 6.07) is 0. The van der Waals surface area contributed by atoms with Gasteiger partial charge >= 0.3 is 0 Å². The molecule has 0 spiro atoms. The van der Waals surface area contributed by atoms with Crippen LogP contribution in [-0.2, 0) is 0 Å². The van der Waals surface area contributed by atoms with E-state index in [0.717, 1.165) is 12.8 Å². The lowest BCUT2D eigenvalue weighted by atomic mass is 10.3. The molecule has 0 radical (unpaired) electrons. The fourth-order valence-corrected chi connectivity index (χ4v) is 0.617. The average Bonchev–Trinajstić information content (AvgIpc) is 2.35. The van der Waals surface area contributed by atoms with E-state index >= 15 is 0 Å². The van der Waals surface area contributed by atoms with Crippen molar-refractivity contribution < 1.29 is 5.11 Å². The Balaban J connectivity index is 0.000000249. The van der Waals surface area contributed by atoms with Crippen molar-refractivity contribution in [2.45, 2.75) is 44.5 Å². The van der Waals surface area contributed by atoms with Crippen molar-refractivity contribution in [3.63, 3.8) is 0 Å². The summed E-state index contributed by atoms with van der Waals surface area (Å²) in [6.45, 7) is 6.92. The number of aliphatic hydroxyl groups is 1. The maximum atomic E-state index is 8.64. The normalized spacial score (nSPS) is 22.9. The molecule has 1 nitrogen and oxygen atoms in total. The molecular formula is C12H26OS. The van der Waals surface area contributed by atoms with Crippen LogP contribution in [0.25, 0.3) is 0 Å². The SMILES string of the molecule is CC(C)(C)S(C)(C)C.OC1C=CCC1. The van der Waals surface area contributed by atoms with Gasteiger partial charge in [-0.1, -0.05) is 32.9 Å². The Morgan fingerprint density at radius 1 is 1.21 bits per heavy atom. The van der Waals surface area contributed by atoms with Crippen LogP contribution in [0.5, 0.6) is 0 Å². The number of hydrogen-bond acceptors (Lipinski definition) is 1. The third-order valence-electron chi connectivity index (χ3n) is 2.82. The third kappa shape index (κ3) is 5.71. The van der Waals surface area contributed by atoms with Crippen molar-refractivity contribution in [1.82, 2.24) is 0 Å². The Hall–Kier alpha value is 0.0500. The molecular weight excluding hydrogens is 192 g/mol. The first-order valence-corrected chi connectivity index (χ1v) is 8.03. The Bertz CT molecular complexity index is 171. The summed E-state index contributed by atoms with van der Waals surface area (Å²) in [5.41, 5.74) is 0. The largest absolute Gasteiger partial charge is 0.389 e. The Morgan fingerprint density at radius 3 is 1.71 bits per heavy atom. The number of hydrogen-bond donors (Lipinski definition) is 1. The minimum atomic E-state index is -0.340. The van der Waals surface area contributed by atoms with Crippen molar-refractivity contribution >= 4 is 10.0 Å². The Labute approximate surface area is 90.9 Å². The highest BCUT2D eigenvalue weighted by atomic mass is 32.3. The molecule has 0 amide bonds. The highest BCUT2D eigenvalue weighted by molar-refractivity contribution is 8.33. The van der Waals surface area contributed by atoms with Crippen LogP contribution in [0, 0.1) is 0 Å². The van der Waals surface area contributed by atoms with E-state index in [0.29, 0.717) is 4.75 Å². The monoisotopic (exact) mass is 218 g/mol. The molecule has 0 fully saturated rings. The van der Waals surface area contributed by atoms with Gasteiger partial charge in [0.25, 0.3) is 0 Å². The maximum Gasteiger partial charge on any atom is 0.0723 e. The number of allylic oxidation sites excluding steroid dienone is 1. The topological polar surface area (TPSA) is 20.2 Å². The molecule has 1 N–H and O–H groups in total. The van der Waals surface area contributed by atoms with Gasteiger partial charge in [0.05, 0.1) is 6.10 Å². The van der Waals surface area contributed by atoms with Crippen molar-refractivity contribution in [2.75, 3.05) is 18.8 Å². The van der Waals surface area contributed by atoms with Gasteiger partial charge in [0.15, 0.2) is 0 Å². The van der Waals surface area contributed by atoms with Gasteiger partial charge in [-0.15, -0.1) is 0 Å². The molecule has 1 rings (SSSR count). The molecule has 0 saturated heterocycles. The van der Waals surface area contributed by atoms with Gasteiger partial charge in [-0.05, 0) is 36.4 Å². The van der Waals surface area contributed by atoms with Gasteiger partial charge in [0, 0.05) is 0 Å². The zero-order valence-electron chi connectivity index (χ0n) is 10.5. The summed E-state index contributed by atoms with van der Waals surface area (Å²) < 4.78 is 0.521. The van der Waals surface area contributed by atoms with E-state index in [1.54, 1.807) is 0 Å². The van der Waals surface area contributed by atoms with Crippen LogP contribution in [0.4, 0.5) is 0 Å². The van der Waals surface area contributed by atoms with Gasteiger partial charge in [0.2, 0.25) is 0 Å². The van der Waals surface area contributed by atoms with Crippen LogP contribution in [0.1, 0.15) is 33.6 Å². The van der Waals surface area contributed by atoms with Crippen molar-refractivity contribution in [3.8, 4) is 0 Å². The van der Waals surface area contributed by atoms with Gasteiger partial charge in [-0.25, -0.2) is 10.0 Å². The van der Waals surface area contributed by atoms with Crippen LogP contribution in [-0.4, -0.2) is 34.7 Å². The molecule has 0 bridgehead atoms. The van der Waals surface area contributed by atoms with Crippen molar-refractivity contribution in [1.29, 1.82) is 0 Å². The summed E-state index contributed by atoms with van der Waals surface area (Å²) in [4.78, 5) is 0. The zero-order valence-corrected chi connectivity index (χ0v) is 11.3. The maximum absolute atomic E-state index is 8.64. The quantitative estimate of drug-likeness (QED) is 0.619. The van der Waals surface area contributed by atoms with E-state index in [1.807, 2.05) is 12.2 Å². The molecule has 0 aromatic heterocycles.